The van der Waals surface area contributed by atoms with Crippen molar-refractivity contribution in [2.24, 2.45) is 0 Å². The fraction of sp³-hybridized carbons (Fsp3) is 0.133. The Morgan fingerprint density at radius 3 is 2.35 bits per heavy atom. The Hall–Kier alpha value is -2.69. The number of hydrogen-bond acceptors (Lipinski definition) is 4. The highest BCUT2D eigenvalue weighted by atomic mass is 16.3. The van der Waals surface area contributed by atoms with Crippen molar-refractivity contribution in [1.82, 2.24) is 4.90 Å². The molecule has 2 aromatic carbocycles. The maximum Gasteiger partial charge on any atom is 0.256 e. The van der Waals surface area contributed by atoms with Crippen LogP contribution < -0.4 is 5.73 Å². The van der Waals surface area contributed by atoms with Crippen LogP contribution in [-0.2, 0) is 6.54 Å². The van der Waals surface area contributed by atoms with Gasteiger partial charge in [-0.25, -0.2) is 0 Å². The van der Waals surface area contributed by atoms with Crippen LogP contribution in [0.5, 0.6) is 11.5 Å². The van der Waals surface area contributed by atoms with Crippen LogP contribution in [0.25, 0.3) is 0 Å². The zero-order chi connectivity index (χ0) is 14.7. The number of carbonyl (C=O) groups is 1. The van der Waals surface area contributed by atoms with E-state index in [1.165, 1.54) is 23.1 Å². The van der Waals surface area contributed by atoms with E-state index in [2.05, 4.69) is 0 Å². The number of aromatic hydroxyl groups is 2. The Kier molecular flexibility index (Phi) is 3.79. The van der Waals surface area contributed by atoms with Crippen LogP contribution in [0.2, 0.25) is 0 Å². The summed E-state index contributed by atoms with van der Waals surface area (Å²) >= 11 is 0. The Labute approximate surface area is 116 Å². The molecule has 5 nitrogen and oxygen atoms in total. The van der Waals surface area contributed by atoms with Gasteiger partial charge in [-0.15, -0.1) is 0 Å². The number of amides is 1. The van der Waals surface area contributed by atoms with E-state index in [1.807, 2.05) is 0 Å². The van der Waals surface area contributed by atoms with Crippen LogP contribution in [0.15, 0.2) is 42.5 Å². The highest BCUT2D eigenvalue weighted by Crippen LogP contribution is 2.20. The van der Waals surface area contributed by atoms with E-state index in [0.29, 0.717) is 12.2 Å². The van der Waals surface area contributed by atoms with Crippen LogP contribution in [0.1, 0.15) is 15.9 Å². The molecule has 0 atom stereocenters. The molecule has 1 amide bonds. The highest BCUT2D eigenvalue weighted by Gasteiger charge is 2.15. The van der Waals surface area contributed by atoms with Gasteiger partial charge in [0.25, 0.3) is 5.91 Å². The van der Waals surface area contributed by atoms with Gasteiger partial charge in [-0.05, 0) is 35.9 Å². The molecule has 0 aliphatic heterocycles. The van der Waals surface area contributed by atoms with Crippen LogP contribution in [0.3, 0.4) is 0 Å². The molecular weight excluding hydrogens is 256 g/mol. The molecule has 0 saturated heterocycles. The average molecular weight is 272 g/mol. The molecule has 0 unspecified atom stereocenters. The summed E-state index contributed by atoms with van der Waals surface area (Å²) in [4.78, 5) is 13.8. The number of phenolic OH excluding ortho intramolecular Hbond substituents is 2. The van der Waals surface area contributed by atoms with Gasteiger partial charge in [0.2, 0.25) is 0 Å². The molecule has 0 aliphatic carbocycles. The topological polar surface area (TPSA) is 86.8 Å². The van der Waals surface area contributed by atoms with Crippen LogP contribution in [-0.4, -0.2) is 28.1 Å². The molecule has 0 aromatic heterocycles. The van der Waals surface area contributed by atoms with Crippen molar-refractivity contribution in [3.63, 3.8) is 0 Å². The lowest BCUT2D eigenvalue weighted by Crippen LogP contribution is -2.26. The van der Waals surface area contributed by atoms with Gasteiger partial charge in [-0.1, -0.05) is 12.1 Å². The van der Waals surface area contributed by atoms with Crippen molar-refractivity contribution in [1.29, 1.82) is 0 Å². The first-order valence-electron chi connectivity index (χ1n) is 6.09. The Morgan fingerprint density at radius 2 is 1.70 bits per heavy atom. The molecule has 0 radical (unpaired) electrons. The van der Waals surface area contributed by atoms with Crippen molar-refractivity contribution in [2.45, 2.75) is 6.54 Å². The third-order valence-electron chi connectivity index (χ3n) is 2.97. The van der Waals surface area contributed by atoms with Gasteiger partial charge < -0.3 is 20.8 Å². The SMILES string of the molecule is CN(Cc1ccc(O)cc1)C(=O)c1cc(O)ccc1N. The number of carbonyl (C=O) groups excluding carboxylic acids is 1. The predicted molar refractivity (Wildman–Crippen MR) is 76.4 cm³/mol. The third kappa shape index (κ3) is 3.00. The zero-order valence-electron chi connectivity index (χ0n) is 11.1. The van der Waals surface area contributed by atoms with Gasteiger partial charge in [0.15, 0.2) is 0 Å². The molecule has 0 fully saturated rings. The Bertz CT molecular complexity index is 624. The second kappa shape index (κ2) is 5.52. The van der Waals surface area contributed by atoms with E-state index < -0.39 is 0 Å². The van der Waals surface area contributed by atoms with Crippen molar-refractivity contribution >= 4 is 11.6 Å². The highest BCUT2D eigenvalue weighted by molar-refractivity contribution is 5.99. The molecule has 0 saturated carbocycles. The standard InChI is InChI=1S/C15H16N2O3/c1-17(9-10-2-4-11(18)5-3-10)15(20)13-8-12(19)6-7-14(13)16/h2-8,18-19H,9,16H2,1H3. The third-order valence-corrected chi connectivity index (χ3v) is 2.97. The average Bonchev–Trinajstić information content (AvgIpc) is 2.43. The van der Waals surface area contributed by atoms with Gasteiger partial charge in [-0.2, -0.15) is 0 Å². The fourth-order valence-electron chi connectivity index (χ4n) is 1.88. The first kappa shape index (κ1) is 13.7. The number of nitrogens with zero attached hydrogens (tertiary/aromatic N) is 1. The van der Waals surface area contributed by atoms with Crippen LogP contribution in [0.4, 0.5) is 5.69 Å². The Balaban J connectivity index is 2.16. The van der Waals surface area contributed by atoms with E-state index >= 15 is 0 Å². The summed E-state index contributed by atoms with van der Waals surface area (Å²) in [6.45, 7) is 0.383. The smallest absolute Gasteiger partial charge is 0.256 e. The molecule has 5 heteroatoms. The van der Waals surface area contributed by atoms with Crippen molar-refractivity contribution < 1.29 is 15.0 Å². The largest absolute Gasteiger partial charge is 0.508 e. The number of nitrogen functional groups attached to an aromatic ring is 1. The minimum Gasteiger partial charge on any atom is -0.508 e. The normalized spacial score (nSPS) is 10.2. The van der Waals surface area contributed by atoms with E-state index in [4.69, 9.17) is 5.73 Å². The van der Waals surface area contributed by atoms with Crippen molar-refractivity contribution in [3.8, 4) is 11.5 Å². The second-order valence-electron chi connectivity index (χ2n) is 4.60. The number of nitrogens with two attached hydrogens (primary N) is 1. The molecule has 0 aliphatic rings. The van der Waals surface area contributed by atoms with Gasteiger partial charge in [-0.3, -0.25) is 4.79 Å². The molecule has 0 heterocycles. The lowest BCUT2D eigenvalue weighted by atomic mass is 10.1. The summed E-state index contributed by atoms with van der Waals surface area (Å²) < 4.78 is 0. The van der Waals surface area contributed by atoms with E-state index in [-0.39, 0.29) is 23.0 Å². The molecule has 0 bridgehead atoms. The minimum atomic E-state index is -0.272. The number of anilines is 1. The number of hydrogen-bond donors (Lipinski definition) is 3. The molecule has 2 rings (SSSR count). The summed E-state index contributed by atoms with van der Waals surface area (Å²) in [5.74, 6) is -0.0907. The minimum absolute atomic E-state index is 0.000540. The van der Waals surface area contributed by atoms with E-state index in [0.717, 1.165) is 5.56 Å². The summed E-state index contributed by atoms with van der Waals surface area (Å²) in [7, 11) is 1.65. The number of phenols is 2. The first-order chi connectivity index (χ1) is 9.47. The van der Waals surface area contributed by atoms with Crippen molar-refractivity contribution in [2.75, 3.05) is 12.8 Å². The van der Waals surface area contributed by atoms with Crippen LogP contribution in [0, 0.1) is 0 Å². The fourth-order valence-corrected chi connectivity index (χ4v) is 1.88. The van der Waals surface area contributed by atoms with Crippen LogP contribution >= 0.6 is 0 Å². The number of benzene rings is 2. The number of rotatable bonds is 3. The monoisotopic (exact) mass is 272 g/mol. The summed E-state index contributed by atoms with van der Waals surface area (Å²) in [6.07, 6.45) is 0. The molecule has 20 heavy (non-hydrogen) atoms. The quantitative estimate of drug-likeness (QED) is 0.588. The van der Waals surface area contributed by atoms with Gasteiger partial charge >= 0.3 is 0 Å². The van der Waals surface area contributed by atoms with Crippen molar-refractivity contribution in [3.05, 3.63) is 53.6 Å². The van der Waals surface area contributed by atoms with Gasteiger partial charge in [0.1, 0.15) is 11.5 Å². The Morgan fingerprint density at radius 1 is 1.10 bits per heavy atom. The second-order valence-corrected chi connectivity index (χ2v) is 4.60. The maximum absolute atomic E-state index is 12.3. The zero-order valence-corrected chi connectivity index (χ0v) is 11.1. The van der Waals surface area contributed by atoms with E-state index in [9.17, 15) is 15.0 Å². The first-order valence-corrected chi connectivity index (χ1v) is 6.09. The van der Waals surface area contributed by atoms with Gasteiger partial charge in [0.05, 0.1) is 5.56 Å². The molecular formula is C15H16N2O3. The lowest BCUT2D eigenvalue weighted by Gasteiger charge is -2.18. The predicted octanol–water partition coefficient (Wildman–Crippen LogP) is 1.95. The molecule has 104 valence electrons. The summed E-state index contributed by atoms with van der Waals surface area (Å²) in [6, 6.07) is 10.9. The van der Waals surface area contributed by atoms with Gasteiger partial charge in [0, 0.05) is 19.3 Å². The molecule has 4 N–H and O–H groups in total. The summed E-state index contributed by atoms with van der Waals surface area (Å²) in [5.41, 5.74) is 7.23. The molecule has 0 spiro atoms. The maximum atomic E-state index is 12.3. The summed E-state index contributed by atoms with van der Waals surface area (Å²) in [5, 5.41) is 18.7. The lowest BCUT2D eigenvalue weighted by molar-refractivity contribution is 0.0785. The molecule has 2 aromatic rings. The van der Waals surface area contributed by atoms with E-state index in [1.54, 1.807) is 31.3 Å².